The van der Waals surface area contributed by atoms with E-state index in [1.165, 1.54) is 43.8 Å². The van der Waals surface area contributed by atoms with Crippen molar-refractivity contribution in [1.29, 1.82) is 0 Å². The van der Waals surface area contributed by atoms with Gasteiger partial charge in [0, 0.05) is 0 Å². The van der Waals surface area contributed by atoms with Crippen LogP contribution >= 0.6 is 0 Å². The zero-order chi connectivity index (χ0) is 17.2. The minimum atomic E-state index is 0.959. The molecule has 4 aromatic rings. The van der Waals surface area contributed by atoms with Crippen LogP contribution in [0.3, 0.4) is 0 Å². The van der Waals surface area contributed by atoms with Crippen LogP contribution in [0.15, 0.2) is 78.9 Å². The Labute approximate surface area is 149 Å². The number of rotatable bonds is 3. The lowest BCUT2D eigenvalue weighted by atomic mass is 9.92. The number of benzene rings is 4. The van der Waals surface area contributed by atoms with E-state index in [0.29, 0.717) is 0 Å². The maximum absolute atomic E-state index is 2.30. The van der Waals surface area contributed by atoms with Crippen molar-refractivity contribution in [1.82, 2.24) is 0 Å². The molecule has 0 amide bonds. The van der Waals surface area contributed by atoms with Crippen LogP contribution in [0.4, 0.5) is 0 Å². The number of allylic oxidation sites excluding steroid dienone is 1. The molecule has 0 aliphatic rings. The van der Waals surface area contributed by atoms with Crippen LogP contribution in [0.2, 0.25) is 0 Å². The highest BCUT2D eigenvalue weighted by Gasteiger charge is 2.08. The van der Waals surface area contributed by atoms with Gasteiger partial charge in [-0.25, -0.2) is 0 Å². The zero-order valence-electron chi connectivity index (χ0n) is 14.8. The smallest absolute Gasteiger partial charge is 0.00941 e. The van der Waals surface area contributed by atoms with E-state index in [4.69, 9.17) is 0 Å². The largest absolute Gasteiger partial charge is 0.0795 e. The quantitative estimate of drug-likeness (QED) is 0.361. The first kappa shape index (κ1) is 15.7. The van der Waals surface area contributed by atoms with Crippen LogP contribution in [0.25, 0.3) is 27.6 Å². The summed E-state index contributed by atoms with van der Waals surface area (Å²) in [5.41, 5.74) is 5.35. The van der Waals surface area contributed by atoms with Crippen LogP contribution < -0.4 is 0 Å². The second-order valence-corrected chi connectivity index (χ2v) is 6.72. The van der Waals surface area contributed by atoms with E-state index < -0.39 is 0 Å². The molecule has 4 aromatic carbocycles. The molecule has 0 N–H and O–H groups in total. The maximum Gasteiger partial charge on any atom is -0.00941 e. The van der Waals surface area contributed by atoms with Crippen molar-refractivity contribution in [2.45, 2.75) is 20.3 Å². The molecule has 0 bridgehead atoms. The van der Waals surface area contributed by atoms with Crippen LogP contribution in [-0.2, 0) is 6.42 Å². The average Bonchev–Trinajstić information content (AvgIpc) is 2.66. The summed E-state index contributed by atoms with van der Waals surface area (Å²) in [6.45, 7) is 4.37. The van der Waals surface area contributed by atoms with Gasteiger partial charge >= 0.3 is 0 Å². The average molecular weight is 322 g/mol. The van der Waals surface area contributed by atoms with Gasteiger partial charge in [0.25, 0.3) is 0 Å². The SMILES string of the molecule is Cc1ccc(C/C=C\c2c(C)c3ccccc3c3ccccc23)cc1. The maximum atomic E-state index is 2.30. The van der Waals surface area contributed by atoms with Crippen molar-refractivity contribution in [2.75, 3.05) is 0 Å². The van der Waals surface area contributed by atoms with Gasteiger partial charge in [0.05, 0.1) is 0 Å². The second-order valence-electron chi connectivity index (χ2n) is 6.72. The Kier molecular flexibility index (Phi) is 4.11. The predicted octanol–water partition coefficient (Wildman–Crippen LogP) is 6.87. The van der Waals surface area contributed by atoms with E-state index in [1.807, 2.05) is 0 Å². The summed E-state index contributed by atoms with van der Waals surface area (Å²) in [7, 11) is 0. The van der Waals surface area contributed by atoms with Gasteiger partial charge in [0.1, 0.15) is 0 Å². The Balaban J connectivity index is 1.81. The summed E-state index contributed by atoms with van der Waals surface area (Å²) in [6, 6.07) is 26.2. The molecule has 0 nitrogen and oxygen atoms in total. The molecule has 0 aliphatic carbocycles. The van der Waals surface area contributed by atoms with Crippen LogP contribution in [0.5, 0.6) is 0 Å². The highest BCUT2D eigenvalue weighted by atomic mass is 14.1. The lowest BCUT2D eigenvalue weighted by Gasteiger charge is -2.12. The number of fused-ring (bicyclic) bond motifs is 3. The summed E-state index contributed by atoms with van der Waals surface area (Å²) in [5, 5.41) is 5.35. The van der Waals surface area contributed by atoms with Crippen LogP contribution in [0.1, 0.15) is 22.3 Å². The van der Waals surface area contributed by atoms with Crippen molar-refractivity contribution < 1.29 is 0 Å². The molecule has 122 valence electrons. The van der Waals surface area contributed by atoms with Gasteiger partial charge in [-0.1, -0.05) is 90.5 Å². The minimum absolute atomic E-state index is 0.959. The highest BCUT2D eigenvalue weighted by Crippen LogP contribution is 2.33. The van der Waals surface area contributed by atoms with Gasteiger partial charge in [-0.15, -0.1) is 0 Å². The third-order valence-corrected chi connectivity index (χ3v) is 5.00. The van der Waals surface area contributed by atoms with E-state index in [9.17, 15) is 0 Å². The van der Waals surface area contributed by atoms with E-state index in [1.54, 1.807) is 0 Å². The van der Waals surface area contributed by atoms with Gasteiger partial charge < -0.3 is 0 Å². The fraction of sp³-hybridized carbons (Fsp3) is 0.120. The molecular formula is C25H22. The van der Waals surface area contributed by atoms with Gasteiger partial charge in [-0.05, 0) is 58.5 Å². The summed E-state index contributed by atoms with van der Waals surface area (Å²) >= 11 is 0. The Morgan fingerprint density at radius 3 is 1.88 bits per heavy atom. The van der Waals surface area contributed by atoms with Crippen molar-refractivity contribution in [3.05, 3.63) is 101 Å². The highest BCUT2D eigenvalue weighted by molar-refractivity contribution is 6.12. The molecular weight excluding hydrogens is 300 g/mol. The van der Waals surface area contributed by atoms with Crippen molar-refractivity contribution in [3.63, 3.8) is 0 Å². The Morgan fingerprint density at radius 2 is 1.20 bits per heavy atom. The summed E-state index contributed by atoms with van der Waals surface area (Å²) in [5.74, 6) is 0. The molecule has 0 spiro atoms. The van der Waals surface area contributed by atoms with E-state index in [2.05, 4.69) is 98.8 Å². The first-order chi connectivity index (χ1) is 12.2. The van der Waals surface area contributed by atoms with Gasteiger partial charge in [0.2, 0.25) is 0 Å². The molecule has 0 heteroatoms. The normalized spacial score (nSPS) is 11.6. The molecule has 0 radical (unpaired) electrons. The first-order valence-corrected chi connectivity index (χ1v) is 8.86. The van der Waals surface area contributed by atoms with Gasteiger partial charge in [-0.2, -0.15) is 0 Å². The lowest BCUT2D eigenvalue weighted by Crippen LogP contribution is -1.89. The fourth-order valence-electron chi connectivity index (χ4n) is 3.60. The van der Waals surface area contributed by atoms with E-state index >= 15 is 0 Å². The van der Waals surface area contributed by atoms with Gasteiger partial charge in [-0.3, -0.25) is 0 Å². The van der Waals surface area contributed by atoms with E-state index in [0.717, 1.165) is 6.42 Å². The van der Waals surface area contributed by atoms with Gasteiger partial charge in [0.15, 0.2) is 0 Å². The molecule has 0 unspecified atom stereocenters. The monoisotopic (exact) mass is 322 g/mol. The molecule has 0 aromatic heterocycles. The van der Waals surface area contributed by atoms with Crippen LogP contribution in [0, 0.1) is 13.8 Å². The number of hydrogen-bond acceptors (Lipinski definition) is 0. The first-order valence-electron chi connectivity index (χ1n) is 8.86. The molecule has 0 saturated carbocycles. The Morgan fingerprint density at radius 1 is 0.640 bits per heavy atom. The Hall–Kier alpha value is -2.86. The fourth-order valence-corrected chi connectivity index (χ4v) is 3.60. The molecule has 0 saturated heterocycles. The standard InChI is InChI=1S/C25H22/c1-18-14-16-20(17-15-18)8-7-13-22-19(2)21-9-3-4-10-23(21)25-12-6-5-11-24(22)25/h3-7,9-17H,8H2,1-2H3/b13-7-. The summed E-state index contributed by atoms with van der Waals surface area (Å²) in [4.78, 5) is 0. The minimum Gasteiger partial charge on any atom is -0.0795 e. The molecule has 0 atom stereocenters. The second kappa shape index (κ2) is 6.57. The molecule has 25 heavy (non-hydrogen) atoms. The van der Waals surface area contributed by atoms with E-state index in [-0.39, 0.29) is 0 Å². The molecule has 0 aliphatic heterocycles. The summed E-state index contributed by atoms with van der Waals surface area (Å²) < 4.78 is 0. The van der Waals surface area contributed by atoms with Crippen molar-refractivity contribution in [3.8, 4) is 0 Å². The lowest BCUT2D eigenvalue weighted by molar-refractivity contribution is 1.26. The van der Waals surface area contributed by atoms with Crippen molar-refractivity contribution in [2.24, 2.45) is 0 Å². The predicted molar refractivity (Wildman–Crippen MR) is 110 cm³/mol. The zero-order valence-corrected chi connectivity index (χ0v) is 14.8. The molecule has 0 fully saturated rings. The Bertz CT molecular complexity index is 1070. The third kappa shape index (κ3) is 2.96. The molecule has 4 rings (SSSR count). The van der Waals surface area contributed by atoms with Crippen molar-refractivity contribution >= 4 is 27.6 Å². The third-order valence-electron chi connectivity index (χ3n) is 5.00. The number of hydrogen-bond donors (Lipinski definition) is 0. The number of aryl methyl sites for hydroxylation is 2. The topological polar surface area (TPSA) is 0 Å². The summed E-state index contributed by atoms with van der Waals surface area (Å²) in [6.07, 6.45) is 5.54. The van der Waals surface area contributed by atoms with Crippen LogP contribution in [-0.4, -0.2) is 0 Å². The molecule has 0 heterocycles.